The van der Waals surface area contributed by atoms with Crippen LogP contribution in [0.2, 0.25) is 0 Å². The number of aromatic amines is 1. The van der Waals surface area contributed by atoms with Gasteiger partial charge in [0.15, 0.2) is 0 Å². The third-order valence-corrected chi connectivity index (χ3v) is 4.41. The van der Waals surface area contributed by atoms with Crippen LogP contribution in [-0.2, 0) is 6.54 Å². The van der Waals surface area contributed by atoms with Gasteiger partial charge in [0.25, 0.3) is 0 Å². The molecule has 0 aliphatic heterocycles. The quantitative estimate of drug-likeness (QED) is 0.515. The molecular formula is C17H15N7OS. The highest BCUT2D eigenvalue weighted by Gasteiger charge is 2.11. The Morgan fingerprint density at radius 1 is 1.27 bits per heavy atom. The van der Waals surface area contributed by atoms with Crippen LogP contribution < -0.4 is 10.6 Å². The lowest BCUT2D eigenvalue weighted by Crippen LogP contribution is -2.28. The molecule has 4 aromatic rings. The topological polar surface area (TPSA) is 108 Å². The molecule has 9 heteroatoms. The Morgan fingerprint density at radius 3 is 3.00 bits per heavy atom. The highest BCUT2D eigenvalue weighted by Crippen LogP contribution is 2.26. The third kappa shape index (κ3) is 3.38. The number of anilines is 1. The number of carbonyl (C=O) groups is 1. The van der Waals surface area contributed by atoms with Crippen molar-refractivity contribution in [2.75, 3.05) is 5.32 Å². The molecule has 0 radical (unpaired) electrons. The summed E-state index contributed by atoms with van der Waals surface area (Å²) in [6, 6.07) is 5.28. The minimum Gasteiger partial charge on any atom is -0.332 e. The molecule has 0 unspecified atom stereocenters. The lowest BCUT2D eigenvalue weighted by atomic mass is 10.1. The van der Waals surface area contributed by atoms with Crippen LogP contribution >= 0.6 is 11.3 Å². The smallest absolute Gasteiger partial charge is 0.320 e. The van der Waals surface area contributed by atoms with Gasteiger partial charge < -0.3 is 5.32 Å². The second-order valence-corrected chi connectivity index (χ2v) is 6.38. The molecule has 0 saturated carbocycles. The van der Waals surface area contributed by atoms with Crippen LogP contribution in [-0.4, -0.2) is 31.2 Å². The van der Waals surface area contributed by atoms with E-state index in [1.54, 1.807) is 24.0 Å². The number of urea groups is 1. The fourth-order valence-corrected chi connectivity index (χ4v) is 3.11. The first-order chi connectivity index (χ1) is 12.7. The van der Waals surface area contributed by atoms with Crippen LogP contribution in [0.1, 0.15) is 11.4 Å². The third-order valence-electron chi connectivity index (χ3n) is 3.77. The van der Waals surface area contributed by atoms with Crippen molar-refractivity contribution in [2.24, 2.45) is 0 Å². The second-order valence-electron chi connectivity index (χ2n) is 5.66. The molecule has 2 amide bonds. The number of hydrogen-bond donors (Lipinski definition) is 3. The molecule has 130 valence electrons. The number of rotatable bonds is 4. The fourth-order valence-electron chi connectivity index (χ4n) is 2.55. The maximum absolute atomic E-state index is 12.0. The van der Waals surface area contributed by atoms with Gasteiger partial charge in [-0.15, -0.1) is 11.3 Å². The Labute approximate surface area is 152 Å². The summed E-state index contributed by atoms with van der Waals surface area (Å²) in [6.07, 6.45) is 3.45. The van der Waals surface area contributed by atoms with Gasteiger partial charge in [0.1, 0.15) is 11.5 Å². The van der Waals surface area contributed by atoms with Crippen molar-refractivity contribution < 1.29 is 4.79 Å². The molecule has 0 fully saturated rings. The number of amides is 2. The SMILES string of the molecule is Cc1cc(-c2n[nH]c3cc(NC(=O)NCc4cscn4)ncc23)ccn1. The average molecular weight is 365 g/mol. The first kappa shape index (κ1) is 16.2. The largest absolute Gasteiger partial charge is 0.332 e. The van der Waals surface area contributed by atoms with Crippen LogP contribution in [0.5, 0.6) is 0 Å². The van der Waals surface area contributed by atoms with Crippen LogP contribution in [0.4, 0.5) is 10.6 Å². The molecule has 0 aromatic carbocycles. The number of thiazole rings is 1. The van der Waals surface area contributed by atoms with E-state index in [-0.39, 0.29) is 6.03 Å². The Kier molecular flexibility index (Phi) is 4.28. The molecule has 0 bridgehead atoms. The molecule has 4 aromatic heterocycles. The van der Waals surface area contributed by atoms with E-state index in [1.165, 1.54) is 11.3 Å². The molecule has 0 aliphatic rings. The van der Waals surface area contributed by atoms with Gasteiger partial charge in [-0.25, -0.2) is 14.8 Å². The van der Waals surface area contributed by atoms with Gasteiger partial charge in [0, 0.05) is 40.5 Å². The van der Waals surface area contributed by atoms with E-state index < -0.39 is 0 Å². The molecule has 26 heavy (non-hydrogen) atoms. The second kappa shape index (κ2) is 6.89. The zero-order valence-corrected chi connectivity index (χ0v) is 14.7. The summed E-state index contributed by atoms with van der Waals surface area (Å²) in [7, 11) is 0. The van der Waals surface area contributed by atoms with Crippen LogP contribution in [0, 0.1) is 6.92 Å². The summed E-state index contributed by atoms with van der Waals surface area (Å²) in [5.74, 6) is 0.439. The first-order valence-corrected chi connectivity index (χ1v) is 8.82. The molecule has 0 aliphatic carbocycles. The van der Waals surface area contributed by atoms with Crippen LogP contribution in [0.25, 0.3) is 22.2 Å². The molecule has 0 spiro atoms. The van der Waals surface area contributed by atoms with Gasteiger partial charge in [-0.2, -0.15) is 5.10 Å². The standard InChI is InChI=1S/C17H15N7OS/c1-10-4-11(2-3-18-10)16-13-7-19-15(5-14(13)23-24-16)22-17(25)20-6-12-8-26-9-21-12/h2-5,7-9H,6H2,1H3,(H,23,24)(H2,19,20,22,25). The number of aromatic nitrogens is 5. The van der Waals surface area contributed by atoms with E-state index in [0.29, 0.717) is 12.4 Å². The molecule has 0 saturated heterocycles. The van der Waals surface area contributed by atoms with Crippen molar-refractivity contribution in [3.63, 3.8) is 0 Å². The summed E-state index contributed by atoms with van der Waals surface area (Å²) in [6.45, 7) is 2.30. The zero-order valence-electron chi connectivity index (χ0n) is 13.9. The highest BCUT2D eigenvalue weighted by atomic mass is 32.1. The lowest BCUT2D eigenvalue weighted by molar-refractivity contribution is 0.251. The van der Waals surface area contributed by atoms with E-state index in [0.717, 1.165) is 33.5 Å². The summed E-state index contributed by atoms with van der Waals surface area (Å²) < 4.78 is 0. The Hall–Kier alpha value is -3.33. The van der Waals surface area contributed by atoms with Gasteiger partial charge in [-0.05, 0) is 19.1 Å². The van der Waals surface area contributed by atoms with Crippen molar-refractivity contribution in [1.82, 2.24) is 30.5 Å². The Morgan fingerprint density at radius 2 is 2.19 bits per heavy atom. The van der Waals surface area contributed by atoms with E-state index in [2.05, 4.69) is 35.8 Å². The average Bonchev–Trinajstić information content (AvgIpc) is 3.29. The van der Waals surface area contributed by atoms with Gasteiger partial charge in [-0.3, -0.25) is 15.4 Å². The number of nitrogens with one attached hydrogen (secondary N) is 3. The van der Waals surface area contributed by atoms with Gasteiger partial charge in [0.05, 0.1) is 23.3 Å². The molecular weight excluding hydrogens is 350 g/mol. The summed E-state index contributed by atoms with van der Waals surface area (Å²) in [4.78, 5) is 24.6. The number of nitrogens with zero attached hydrogens (tertiary/aromatic N) is 4. The molecule has 0 atom stereocenters. The molecule has 3 N–H and O–H groups in total. The van der Waals surface area contributed by atoms with Gasteiger partial charge >= 0.3 is 6.03 Å². The van der Waals surface area contributed by atoms with E-state index >= 15 is 0 Å². The van der Waals surface area contributed by atoms with Crippen molar-refractivity contribution >= 4 is 34.1 Å². The summed E-state index contributed by atoms with van der Waals surface area (Å²) in [5, 5.41) is 15.6. The Balaban J connectivity index is 1.50. The van der Waals surface area contributed by atoms with E-state index in [9.17, 15) is 4.79 Å². The number of carbonyl (C=O) groups excluding carboxylic acids is 1. The highest BCUT2D eigenvalue weighted by molar-refractivity contribution is 7.07. The normalized spacial score (nSPS) is 10.8. The predicted molar refractivity (Wildman–Crippen MR) is 99.8 cm³/mol. The molecule has 4 heterocycles. The van der Waals surface area contributed by atoms with Gasteiger partial charge in [0.2, 0.25) is 0 Å². The predicted octanol–water partition coefficient (Wildman–Crippen LogP) is 3.11. The molecule has 8 nitrogen and oxygen atoms in total. The minimum atomic E-state index is -0.339. The van der Waals surface area contributed by atoms with Crippen molar-refractivity contribution in [1.29, 1.82) is 0 Å². The van der Waals surface area contributed by atoms with E-state index in [1.807, 2.05) is 24.4 Å². The van der Waals surface area contributed by atoms with Crippen molar-refractivity contribution in [3.05, 3.63) is 52.9 Å². The van der Waals surface area contributed by atoms with E-state index in [4.69, 9.17) is 0 Å². The van der Waals surface area contributed by atoms with Crippen LogP contribution in [0.15, 0.2) is 41.5 Å². The summed E-state index contributed by atoms with van der Waals surface area (Å²) in [5.41, 5.74) is 6.02. The van der Waals surface area contributed by atoms with Crippen molar-refractivity contribution in [3.8, 4) is 11.3 Å². The van der Waals surface area contributed by atoms with Crippen molar-refractivity contribution in [2.45, 2.75) is 13.5 Å². The maximum atomic E-state index is 12.0. The minimum absolute atomic E-state index is 0.339. The number of hydrogen-bond acceptors (Lipinski definition) is 6. The van der Waals surface area contributed by atoms with Crippen LogP contribution in [0.3, 0.4) is 0 Å². The lowest BCUT2D eigenvalue weighted by Gasteiger charge is -2.06. The first-order valence-electron chi connectivity index (χ1n) is 7.88. The summed E-state index contributed by atoms with van der Waals surface area (Å²) >= 11 is 1.49. The number of aryl methyl sites for hydroxylation is 1. The zero-order chi connectivity index (χ0) is 17.9. The number of pyridine rings is 2. The Bertz CT molecular complexity index is 1060. The molecule has 4 rings (SSSR count). The fraction of sp³-hybridized carbons (Fsp3) is 0.118. The number of fused-ring (bicyclic) bond motifs is 1. The van der Waals surface area contributed by atoms with Gasteiger partial charge in [-0.1, -0.05) is 0 Å². The monoisotopic (exact) mass is 365 g/mol. The maximum Gasteiger partial charge on any atom is 0.320 e. The number of H-pyrrole nitrogens is 1.